The molecule has 0 aliphatic rings. The van der Waals surface area contributed by atoms with Crippen molar-refractivity contribution in [3.8, 4) is 0 Å². The van der Waals surface area contributed by atoms with Crippen LogP contribution in [-0.2, 0) is 0 Å². The van der Waals surface area contributed by atoms with E-state index in [0.29, 0.717) is 0 Å². The average Bonchev–Trinajstić information content (AvgIpc) is 2.96. The summed E-state index contributed by atoms with van der Waals surface area (Å²) in [5.74, 6) is 0. The highest BCUT2D eigenvalue weighted by Crippen LogP contribution is 2.51. The molecule has 0 amide bonds. The molecule has 0 aliphatic carbocycles. The molecule has 0 spiro atoms. The smallest absolute Gasteiger partial charge is 0.235 e. The van der Waals surface area contributed by atoms with Gasteiger partial charge in [0.2, 0.25) is 6.42 Å². The molecule has 0 nitrogen and oxygen atoms in total. The summed E-state index contributed by atoms with van der Waals surface area (Å²) in [5.41, 5.74) is 8.73. The molecule has 0 aliphatic heterocycles. The molecular weight excluding hydrogens is 624 g/mol. The molecule has 0 bridgehead atoms. The number of hydrogen-bond donors (Lipinski definition) is 0. The molecular formula is C38H40BCl3FP. The van der Waals surface area contributed by atoms with Crippen LogP contribution in [0.4, 0.5) is 4.32 Å². The minimum absolute atomic E-state index is 0.738. The first-order valence-corrected chi connectivity index (χ1v) is 18.4. The fourth-order valence-electron chi connectivity index (χ4n) is 7.05. The van der Waals surface area contributed by atoms with Gasteiger partial charge in [0.25, 0.3) is 0 Å². The van der Waals surface area contributed by atoms with Crippen LogP contribution in [-0.4, -0.2) is 17.4 Å². The summed E-state index contributed by atoms with van der Waals surface area (Å²) in [7, 11) is -1.91. The maximum Gasteiger partial charge on any atom is 0.235 e. The second-order valence-electron chi connectivity index (χ2n) is 11.9. The Balaban J connectivity index is 0.00000104. The third-order valence-corrected chi connectivity index (χ3v) is 12.7. The molecule has 6 heteroatoms. The number of halogens is 4. The van der Waals surface area contributed by atoms with Crippen molar-refractivity contribution in [2.45, 2.75) is 45.8 Å². The van der Waals surface area contributed by atoms with Crippen LogP contribution in [0.3, 0.4) is 0 Å². The van der Waals surface area contributed by atoms with Crippen LogP contribution in [0.15, 0.2) is 109 Å². The van der Waals surface area contributed by atoms with Crippen LogP contribution in [0.5, 0.6) is 0 Å². The second kappa shape index (κ2) is 14.2. The summed E-state index contributed by atoms with van der Waals surface area (Å²) in [5, 5.41) is 3.89. The molecule has 0 saturated heterocycles. The van der Waals surface area contributed by atoms with Gasteiger partial charge in [0, 0.05) is 0 Å². The Kier molecular flexibility index (Phi) is 11.1. The van der Waals surface area contributed by atoms with E-state index in [0.717, 1.165) is 49.8 Å². The molecule has 5 rings (SSSR count). The van der Waals surface area contributed by atoms with Gasteiger partial charge in [0.05, 0.1) is 6.66 Å². The molecule has 5 aromatic rings. The molecule has 228 valence electrons. The predicted molar refractivity (Wildman–Crippen MR) is 199 cm³/mol. The van der Waals surface area contributed by atoms with Gasteiger partial charge in [-0.15, -0.1) is 0 Å². The lowest BCUT2D eigenvalue weighted by atomic mass is 9.29. The largest absolute Gasteiger partial charge is 0.498 e. The van der Waals surface area contributed by atoms with E-state index >= 15 is 4.32 Å². The van der Waals surface area contributed by atoms with E-state index in [4.69, 9.17) is 34.8 Å². The van der Waals surface area contributed by atoms with Gasteiger partial charge in [-0.05, 0) is 77.9 Å². The number of rotatable bonds is 6. The Bertz CT molecular complexity index is 1580. The molecule has 44 heavy (non-hydrogen) atoms. The van der Waals surface area contributed by atoms with Crippen LogP contribution < -0.4 is 32.3 Å². The standard InChI is InChI=1S/C37H39BFP.CHCl3/c1-26-22-28(3)36(29(4)23-26)38(39,37-30(5)24-27(2)25-31(37)6)32-18-20-35(21-19-32)40(7,33-14-10-8-11-15-33)34-16-12-9-13-17-34;2-1(3)4/h8-25H,1-7H3;1H. The molecule has 0 atom stereocenters. The number of alkyl halides is 3. The normalized spacial score (nSPS) is 11.7. The van der Waals surface area contributed by atoms with Gasteiger partial charge in [0.15, 0.2) is 4.30 Å². The lowest BCUT2D eigenvalue weighted by Gasteiger charge is -2.41. The van der Waals surface area contributed by atoms with E-state index in [1.165, 1.54) is 15.9 Å². The fourth-order valence-corrected chi connectivity index (χ4v) is 10.2. The predicted octanol–water partition coefficient (Wildman–Crippen LogP) is 8.38. The van der Waals surface area contributed by atoms with Crippen LogP contribution in [0.2, 0.25) is 0 Å². The van der Waals surface area contributed by atoms with Crippen molar-refractivity contribution >= 4 is 80.8 Å². The maximum absolute atomic E-state index is 18.4. The van der Waals surface area contributed by atoms with Crippen molar-refractivity contribution in [3.05, 3.63) is 143 Å². The van der Waals surface area contributed by atoms with E-state index in [9.17, 15) is 0 Å². The van der Waals surface area contributed by atoms with Gasteiger partial charge in [-0.25, -0.2) is 0 Å². The van der Waals surface area contributed by atoms with E-state index in [2.05, 4.69) is 157 Å². The zero-order valence-electron chi connectivity index (χ0n) is 26.5. The van der Waals surface area contributed by atoms with E-state index in [-0.39, 0.29) is 0 Å². The van der Waals surface area contributed by atoms with Crippen molar-refractivity contribution in [2.75, 3.05) is 6.66 Å². The first-order valence-electron chi connectivity index (χ1n) is 14.8. The van der Waals surface area contributed by atoms with Crippen molar-refractivity contribution in [1.82, 2.24) is 0 Å². The van der Waals surface area contributed by atoms with Crippen LogP contribution >= 0.6 is 42.1 Å². The number of hydrogen-bond acceptors (Lipinski definition) is 0. The first-order chi connectivity index (χ1) is 20.8. The Hall–Kier alpha value is -2.61. The lowest BCUT2D eigenvalue weighted by Crippen LogP contribution is -2.67. The summed E-state index contributed by atoms with van der Waals surface area (Å²) >= 11 is 14.4. The molecule has 0 aromatic heterocycles. The zero-order valence-corrected chi connectivity index (χ0v) is 29.7. The average molecular weight is 664 g/mol. The summed E-state index contributed by atoms with van der Waals surface area (Å²) in [6.45, 7) is 14.8. The monoisotopic (exact) mass is 662 g/mol. The SMILES string of the molecule is Cc1cc(C)c([B-](F)(c2ccc([P+](C)(c3ccccc3)c3ccccc3)cc2)c2c(C)cc(C)cc2C)c(C)c1.ClC(Cl)Cl. The third-order valence-electron chi connectivity index (χ3n) is 8.69. The van der Waals surface area contributed by atoms with Crippen LogP contribution in [0.25, 0.3) is 0 Å². The number of benzene rings is 5. The highest BCUT2D eigenvalue weighted by Gasteiger charge is 2.41. The van der Waals surface area contributed by atoms with E-state index in [1.807, 2.05) is 0 Å². The summed E-state index contributed by atoms with van der Waals surface area (Å²) in [4.78, 5) is 0. The van der Waals surface area contributed by atoms with E-state index in [1.54, 1.807) is 0 Å². The lowest BCUT2D eigenvalue weighted by molar-refractivity contribution is 0.839. The van der Waals surface area contributed by atoms with Crippen molar-refractivity contribution in [3.63, 3.8) is 0 Å². The summed E-state index contributed by atoms with van der Waals surface area (Å²) in [6.07, 6.45) is -2.70. The van der Waals surface area contributed by atoms with Crippen molar-refractivity contribution < 1.29 is 4.32 Å². The molecule has 0 saturated carbocycles. The molecule has 0 unspecified atom stereocenters. The topological polar surface area (TPSA) is 0 Å². The van der Waals surface area contributed by atoms with Crippen molar-refractivity contribution in [2.24, 2.45) is 0 Å². The highest BCUT2D eigenvalue weighted by molar-refractivity contribution is 7.95. The minimum Gasteiger partial charge on any atom is -0.498 e. The minimum atomic E-state index is -2.70. The quantitative estimate of drug-likeness (QED) is 0.0973. The molecule has 0 fully saturated rings. The zero-order chi connectivity index (χ0) is 32.2. The van der Waals surface area contributed by atoms with E-state index < -0.39 is 18.0 Å². The van der Waals surface area contributed by atoms with Crippen LogP contribution in [0, 0.1) is 41.5 Å². The molecule has 0 radical (unpaired) electrons. The van der Waals surface area contributed by atoms with Crippen molar-refractivity contribution in [1.29, 1.82) is 0 Å². The van der Waals surface area contributed by atoms with Gasteiger partial charge in [0.1, 0.15) is 23.2 Å². The Labute approximate surface area is 278 Å². The van der Waals surface area contributed by atoms with Gasteiger partial charge in [-0.3, -0.25) is 0 Å². The first kappa shape index (κ1) is 34.3. The van der Waals surface area contributed by atoms with Gasteiger partial charge in [-0.1, -0.05) is 141 Å². The molecule has 5 aromatic carbocycles. The maximum atomic E-state index is 18.4. The Morgan fingerprint density at radius 2 is 0.818 bits per heavy atom. The van der Waals surface area contributed by atoms with Gasteiger partial charge < -0.3 is 4.32 Å². The Morgan fingerprint density at radius 1 is 0.523 bits per heavy atom. The summed E-state index contributed by atoms with van der Waals surface area (Å²) in [6, 6.07) is 38.6. The van der Waals surface area contributed by atoms with Gasteiger partial charge in [-0.2, -0.15) is 16.4 Å². The second-order valence-corrected chi connectivity index (χ2v) is 17.4. The Morgan fingerprint density at radius 3 is 1.14 bits per heavy atom. The van der Waals surface area contributed by atoms with Crippen LogP contribution in [0.1, 0.15) is 33.4 Å². The number of aryl methyl sites for hydroxylation is 6. The fraction of sp³-hybridized carbons (Fsp3) is 0.211. The summed E-state index contributed by atoms with van der Waals surface area (Å²) < 4.78 is 17.7. The highest BCUT2D eigenvalue weighted by atomic mass is 35.6. The molecule has 0 heterocycles. The molecule has 0 N–H and O–H groups in total. The van der Waals surface area contributed by atoms with Gasteiger partial charge >= 0.3 is 0 Å². The third kappa shape index (κ3) is 6.95.